The van der Waals surface area contributed by atoms with Crippen molar-refractivity contribution in [1.29, 1.82) is 0 Å². The second-order valence-corrected chi connectivity index (χ2v) is 4.05. The van der Waals surface area contributed by atoms with Gasteiger partial charge in [0.25, 0.3) is 0 Å². The maximum Gasteiger partial charge on any atom is 0.330 e. The first-order chi connectivity index (χ1) is 9.60. The molecule has 0 saturated heterocycles. The highest BCUT2D eigenvalue weighted by atomic mass is 16.5. The van der Waals surface area contributed by atoms with Gasteiger partial charge >= 0.3 is 5.97 Å². The summed E-state index contributed by atoms with van der Waals surface area (Å²) in [4.78, 5) is 11.2. The van der Waals surface area contributed by atoms with Gasteiger partial charge in [0.05, 0.1) is 13.7 Å². The van der Waals surface area contributed by atoms with Crippen LogP contribution in [-0.4, -0.2) is 25.8 Å². The number of benzene rings is 1. The Morgan fingerprint density at radius 2 is 2.15 bits per heavy atom. The lowest BCUT2D eigenvalue weighted by atomic mass is 10.2. The van der Waals surface area contributed by atoms with Gasteiger partial charge in [0.15, 0.2) is 11.5 Å². The smallest absolute Gasteiger partial charge is 0.330 e. The lowest BCUT2D eigenvalue weighted by Crippen LogP contribution is -2.08. The Labute approximate surface area is 119 Å². The van der Waals surface area contributed by atoms with Gasteiger partial charge in [-0.1, -0.05) is 18.7 Å². The van der Waals surface area contributed by atoms with E-state index in [1.54, 1.807) is 38.3 Å². The maximum atomic E-state index is 11.2. The molecule has 1 unspecified atom stereocenters. The summed E-state index contributed by atoms with van der Waals surface area (Å²) in [7, 11) is 1.57. The summed E-state index contributed by atoms with van der Waals surface area (Å²) < 4.78 is 15.7. The largest absolute Gasteiger partial charge is 0.493 e. The first kappa shape index (κ1) is 15.8. The van der Waals surface area contributed by atoms with Gasteiger partial charge in [-0.15, -0.1) is 0 Å². The van der Waals surface area contributed by atoms with Crippen LogP contribution in [-0.2, 0) is 9.53 Å². The highest BCUT2D eigenvalue weighted by Crippen LogP contribution is 2.29. The fourth-order valence-corrected chi connectivity index (χ4v) is 1.49. The van der Waals surface area contributed by atoms with Crippen molar-refractivity contribution in [3.8, 4) is 11.5 Å². The molecule has 0 N–H and O–H groups in total. The normalized spacial score (nSPS) is 11.9. The summed E-state index contributed by atoms with van der Waals surface area (Å²) in [6.45, 7) is 7.68. The number of hydrogen-bond acceptors (Lipinski definition) is 4. The van der Waals surface area contributed by atoms with Gasteiger partial charge in [-0.2, -0.15) is 0 Å². The van der Waals surface area contributed by atoms with Crippen LogP contribution in [0.1, 0.15) is 19.4 Å². The van der Waals surface area contributed by atoms with Crippen LogP contribution in [0.3, 0.4) is 0 Å². The minimum absolute atomic E-state index is 0.107. The SMILES string of the molecule is C=CC(C)Oc1ccc(C=CC(=O)OCC)cc1OC. The molecule has 0 bridgehead atoms. The number of carbonyl (C=O) groups excluding carboxylic acids is 1. The van der Waals surface area contributed by atoms with E-state index in [0.717, 1.165) is 5.56 Å². The van der Waals surface area contributed by atoms with E-state index in [2.05, 4.69) is 6.58 Å². The van der Waals surface area contributed by atoms with Crippen molar-refractivity contribution in [2.24, 2.45) is 0 Å². The molecule has 1 atom stereocenters. The van der Waals surface area contributed by atoms with Crippen LogP contribution in [0, 0.1) is 0 Å². The van der Waals surface area contributed by atoms with Gasteiger partial charge in [0.2, 0.25) is 0 Å². The number of methoxy groups -OCH3 is 1. The Hall–Kier alpha value is -2.23. The Balaban J connectivity index is 2.86. The standard InChI is InChI=1S/C16H20O4/c1-5-12(3)20-14-9-7-13(11-15(14)18-4)8-10-16(17)19-6-2/h5,7-12H,1,6H2,2-4H3. The topological polar surface area (TPSA) is 44.8 Å². The van der Waals surface area contributed by atoms with Crippen LogP contribution in [0.2, 0.25) is 0 Å². The maximum absolute atomic E-state index is 11.2. The first-order valence-electron chi connectivity index (χ1n) is 6.42. The van der Waals surface area contributed by atoms with Crippen molar-refractivity contribution in [2.45, 2.75) is 20.0 Å². The predicted molar refractivity (Wildman–Crippen MR) is 78.9 cm³/mol. The molecule has 1 aromatic carbocycles. The molecule has 1 rings (SSSR count). The second-order valence-electron chi connectivity index (χ2n) is 4.05. The lowest BCUT2D eigenvalue weighted by Gasteiger charge is -2.14. The highest BCUT2D eigenvalue weighted by Gasteiger charge is 2.07. The van der Waals surface area contributed by atoms with Gasteiger partial charge in [-0.05, 0) is 37.6 Å². The van der Waals surface area contributed by atoms with E-state index in [1.165, 1.54) is 6.08 Å². The summed E-state index contributed by atoms with van der Waals surface area (Å²) in [6, 6.07) is 5.42. The Morgan fingerprint density at radius 3 is 2.75 bits per heavy atom. The molecular formula is C16H20O4. The first-order valence-corrected chi connectivity index (χ1v) is 6.42. The third kappa shape index (κ3) is 4.80. The lowest BCUT2D eigenvalue weighted by molar-refractivity contribution is -0.137. The van der Waals surface area contributed by atoms with Crippen molar-refractivity contribution in [3.63, 3.8) is 0 Å². The zero-order chi connectivity index (χ0) is 15.0. The summed E-state index contributed by atoms with van der Waals surface area (Å²) in [6.07, 6.45) is 4.64. The highest BCUT2D eigenvalue weighted by molar-refractivity contribution is 5.87. The zero-order valence-corrected chi connectivity index (χ0v) is 12.1. The van der Waals surface area contributed by atoms with Crippen LogP contribution in [0.4, 0.5) is 0 Å². The van der Waals surface area contributed by atoms with E-state index in [1.807, 2.05) is 13.0 Å². The average molecular weight is 276 g/mol. The quantitative estimate of drug-likeness (QED) is 0.436. The molecule has 0 aromatic heterocycles. The van der Waals surface area contributed by atoms with Gasteiger partial charge < -0.3 is 14.2 Å². The van der Waals surface area contributed by atoms with Crippen LogP contribution in [0.15, 0.2) is 36.9 Å². The molecule has 4 heteroatoms. The van der Waals surface area contributed by atoms with E-state index in [-0.39, 0.29) is 12.1 Å². The minimum Gasteiger partial charge on any atom is -0.493 e. The molecule has 0 fully saturated rings. The number of carbonyl (C=O) groups is 1. The van der Waals surface area contributed by atoms with Gasteiger partial charge in [0, 0.05) is 6.08 Å². The van der Waals surface area contributed by atoms with Crippen molar-refractivity contribution in [1.82, 2.24) is 0 Å². The number of hydrogen-bond donors (Lipinski definition) is 0. The van der Waals surface area contributed by atoms with Crippen molar-refractivity contribution in [3.05, 3.63) is 42.5 Å². The Morgan fingerprint density at radius 1 is 1.40 bits per heavy atom. The molecule has 0 heterocycles. The van der Waals surface area contributed by atoms with Crippen LogP contribution in [0.5, 0.6) is 11.5 Å². The molecule has 0 spiro atoms. The number of rotatable bonds is 7. The van der Waals surface area contributed by atoms with Crippen LogP contribution in [0.25, 0.3) is 6.08 Å². The predicted octanol–water partition coefficient (Wildman–Crippen LogP) is 3.22. The van der Waals surface area contributed by atoms with E-state index < -0.39 is 0 Å². The molecule has 0 aliphatic rings. The monoisotopic (exact) mass is 276 g/mol. The molecule has 0 aliphatic carbocycles. The van der Waals surface area contributed by atoms with Gasteiger partial charge in [-0.3, -0.25) is 0 Å². The Kier molecular flexibility index (Phi) is 6.37. The van der Waals surface area contributed by atoms with E-state index in [0.29, 0.717) is 18.1 Å². The van der Waals surface area contributed by atoms with Gasteiger partial charge in [0.1, 0.15) is 6.10 Å². The van der Waals surface area contributed by atoms with E-state index >= 15 is 0 Å². The molecule has 0 aliphatic heterocycles. The Bertz CT molecular complexity index is 491. The summed E-state index contributed by atoms with van der Waals surface area (Å²) >= 11 is 0. The van der Waals surface area contributed by atoms with E-state index in [4.69, 9.17) is 14.2 Å². The number of esters is 1. The summed E-state index contributed by atoms with van der Waals surface area (Å²) in [5.74, 6) is 0.866. The molecule has 108 valence electrons. The van der Waals surface area contributed by atoms with Crippen molar-refractivity contribution >= 4 is 12.0 Å². The zero-order valence-electron chi connectivity index (χ0n) is 12.1. The third-order valence-electron chi connectivity index (χ3n) is 2.53. The molecule has 20 heavy (non-hydrogen) atoms. The molecule has 0 saturated carbocycles. The molecular weight excluding hydrogens is 256 g/mol. The van der Waals surface area contributed by atoms with E-state index in [9.17, 15) is 4.79 Å². The fourth-order valence-electron chi connectivity index (χ4n) is 1.49. The second kappa shape index (κ2) is 8.04. The molecule has 4 nitrogen and oxygen atoms in total. The number of ether oxygens (including phenoxy) is 3. The summed E-state index contributed by atoms with van der Waals surface area (Å²) in [5.41, 5.74) is 0.827. The average Bonchev–Trinajstić information content (AvgIpc) is 2.46. The molecule has 0 amide bonds. The minimum atomic E-state index is -0.368. The summed E-state index contributed by atoms with van der Waals surface area (Å²) in [5, 5.41) is 0. The van der Waals surface area contributed by atoms with Crippen molar-refractivity contribution < 1.29 is 19.0 Å². The van der Waals surface area contributed by atoms with Gasteiger partial charge in [-0.25, -0.2) is 4.79 Å². The van der Waals surface area contributed by atoms with Crippen molar-refractivity contribution in [2.75, 3.05) is 13.7 Å². The molecule has 1 aromatic rings. The van der Waals surface area contributed by atoms with Crippen LogP contribution < -0.4 is 9.47 Å². The van der Waals surface area contributed by atoms with Crippen LogP contribution >= 0.6 is 0 Å². The fraction of sp³-hybridized carbons (Fsp3) is 0.312. The molecule has 0 radical (unpaired) electrons. The third-order valence-corrected chi connectivity index (χ3v) is 2.53.